The highest BCUT2D eigenvalue weighted by atomic mass is 32.2. The third-order valence-corrected chi connectivity index (χ3v) is 5.78. The lowest BCUT2D eigenvalue weighted by Gasteiger charge is -2.21. The molecule has 0 aliphatic carbocycles. The van der Waals surface area contributed by atoms with E-state index in [9.17, 15) is 13.2 Å². The molecule has 0 aliphatic rings. The number of amides is 1. The van der Waals surface area contributed by atoms with Gasteiger partial charge in [0.2, 0.25) is 10.0 Å². The van der Waals surface area contributed by atoms with Gasteiger partial charge in [-0.25, -0.2) is 8.42 Å². The van der Waals surface area contributed by atoms with Gasteiger partial charge >= 0.3 is 0 Å². The third-order valence-electron chi connectivity index (χ3n) is 3.75. The van der Waals surface area contributed by atoms with Gasteiger partial charge in [0.1, 0.15) is 0 Å². The maximum Gasteiger partial charge on any atom is 0.255 e. The van der Waals surface area contributed by atoms with Crippen molar-refractivity contribution >= 4 is 21.6 Å². The number of benzene rings is 2. The Morgan fingerprint density at radius 1 is 1.16 bits per heavy atom. The number of nitrogens with one attached hydrogen (secondary N) is 1. The molecule has 6 nitrogen and oxygen atoms in total. The second-order valence-electron chi connectivity index (χ2n) is 5.79. The van der Waals surface area contributed by atoms with Gasteiger partial charge in [-0.3, -0.25) is 4.79 Å². The molecule has 0 fully saturated rings. The molecule has 0 heterocycles. The highest BCUT2D eigenvalue weighted by Crippen LogP contribution is 2.19. The Morgan fingerprint density at radius 3 is 2.48 bits per heavy atom. The Labute approximate surface area is 147 Å². The summed E-state index contributed by atoms with van der Waals surface area (Å²) in [6.45, 7) is 3.55. The van der Waals surface area contributed by atoms with E-state index in [0.29, 0.717) is 11.3 Å². The molecular formula is C18H19N3O3S. The van der Waals surface area contributed by atoms with Crippen molar-refractivity contribution in [1.82, 2.24) is 4.31 Å². The number of sulfonamides is 1. The smallest absolute Gasteiger partial charge is 0.255 e. The van der Waals surface area contributed by atoms with E-state index in [1.165, 1.54) is 35.6 Å². The summed E-state index contributed by atoms with van der Waals surface area (Å²) < 4.78 is 26.3. The quantitative estimate of drug-likeness (QED) is 0.891. The fourth-order valence-electron chi connectivity index (χ4n) is 2.11. The zero-order chi connectivity index (χ0) is 18.6. The highest BCUT2D eigenvalue weighted by Gasteiger charge is 2.23. The fourth-order valence-corrected chi connectivity index (χ4v) is 3.53. The molecule has 1 N–H and O–H groups in total. The van der Waals surface area contributed by atoms with E-state index in [2.05, 4.69) is 5.32 Å². The van der Waals surface area contributed by atoms with E-state index in [0.717, 1.165) is 0 Å². The van der Waals surface area contributed by atoms with Crippen molar-refractivity contribution in [3.8, 4) is 6.07 Å². The average molecular weight is 357 g/mol. The van der Waals surface area contributed by atoms with Crippen LogP contribution in [0.5, 0.6) is 0 Å². The van der Waals surface area contributed by atoms with Crippen molar-refractivity contribution in [3.05, 3.63) is 59.7 Å². The van der Waals surface area contributed by atoms with Gasteiger partial charge in [-0.15, -0.1) is 0 Å². The van der Waals surface area contributed by atoms with Crippen LogP contribution in [-0.2, 0) is 10.0 Å². The monoisotopic (exact) mass is 357 g/mol. The summed E-state index contributed by atoms with van der Waals surface area (Å²) in [5, 5.41) is 11.6. The van der Waals surface area contributed by atoms with Gasteiger partial charge in [0.15, 0.2) is 0 Å². The minimum Gasteiger partial charge on any atom is -0.322 e. The predicted molar refractivity (Wildman–Crippen MR) is 95.6 cm³/mol. The van der Waals surface area contributed by atoms with Crippen LogP contribution in [0.4, 0.5) is 5.69 Å². The van der Waals surface area contributed by atoms with E-state index in [4.69, 9.17) is 5.26 Å². The van der Waals surface area contributed by atoms with Crippen LogP contribution >= 0.6 is 0 Å². The van der Waals surface area contributed by atoms with E-state index < -0.39 is 15.9 Å². The molecule has 0 radical (unpaired) electrons. The molecule has 0 aromatic heterocycles. The Kier molecular flexibility index (Phi) is 5.57. The van der Waals surface area contributed by atoms with Gasteiger partial charge in [0.25, 0.3) is 5.91 Å². The minimum absolute atomic E-state index is 0.0575. The average Bonchev–Trinajstić information content (AvgIpc) is 2.61. The topological polar surface area (TPSA) is 90.3 Å². The Balaban J connectivity index is 2.29. The summed E-state index contributed by atoms with van der Waals surface area (Å²) in [4.78, 5) is 12.5. The van der Waals surface area contributed by atoms with E-state index in [1.807, 2.05) is 6.07 Å². The molecule has 7 heteroatoms. The zero-order valence-corrected chi connectivity index (χ0v) is 15.0. The maximum absolute atomic E-state index is 12.5. The SMILES string of the molecule is CC(C)N(C)S(=O)(=O)c1cccc(C(=O)Nc2cccc(C#N)c2)c1. The minimum atomic E-state index is -3.67. The first kappa shape index (κ1) is 18.6. The molecule has 0 spiro atoms. The predicted octanol–water partition coefficient (Wildman–Crippen LogP) is 2.84. The molecule has 0 aliphatic heterocycles. The Bertz CT molecular complexity index is 931. The first-order chi connectivity index (χ1) is 11.8. The zero-order valence-electron chi connectivity index (χ0n) is 14.2. The van der Waals surface area contributed by atoms with Crippen LogP contribution in [0.15, 0.2) is 53.4 Å². The molecule has 0 saturated heterocycles. The summed E-state index contributed by atoms with van der Waals surface area (Å²) in [5.41, 5.74) is 1.12. The van der Waals surface area contributed by atoms with Crippen LogP contribution in [0.3, 0.4) is 0 Å². The fraction of sp³-hybridized carbons (Fsp3) is 0.222. The van der Waals surface area contributed by atoms with Crippen LogP contribution in [-0.4, -0.2) is 31.7 Å². The molecule has 0 unspecified atom stereocenters. The number of anilines is 1. The van der Waals surface area contributed by atoms with Crippen molar-refractivity contribution in [2.75, 3.05) is 12.4 Å². The van der Waals surface area contributed by atoms with Gasteiger partial charge in [0, 0.05) is 24.3 Å². The maximum atomic E-state index is 12.5. The molecule has 2 aromatic rings. The van der Waals surface area contributed by atoms with Crippen molar-refractivity contribution in [3.63, 3.8) is 0 Å². The van der Waals surface area contributed by atoms with Crippen LogP contribution < -0.4 is 5.32 Å². The summed E-state index contributed by atoms with van der Waals surface area (Å²) in [6, 6.07) is 14.2. The molecule has 0 atom stereocenters. The molecule has 1 amide bonds. The lowest BCUT2D eigenvalue weighted by molar-refractivity contribution is 0.102. The molecule has 2 rings (SSSR count). The molecule has 25 heavy (non-hydrogen) atoms. The first-order valence-electron chi connectivity index (χ1n) is 7.65. The second kappa shape index (κ2) is 7.47. The molecule has 0 bridgehead atoms. The van der Waals surface area contributed by atoms with E-state index in [1.54, 1.807) is 38.1 Å². The number of nitrogens with zero attached hydrogens (tertiary/aromatic N) is 2. The van der Waals surface area contributed by atoms with Gasteiger partial charge in [-0.1, -0.05) is 12.1 Å². The van der Waals surface area contributed by atoms with Crippen molar-refractivity contribution in [2.45, 2.75) is 24.8 Å². The Morgan fingerprint density at radius 2 is 1.84 bits per heavy atom. The van der Waals surface area contributed by atoms with Crippen molar-refractivity contribution in [2.24, 2.45) is 0 Å². The molecule has 130 valence electrons. The summed E-state index contributed by atoms with van der Waals surface area (Å²) in [7, 11) is -2.17. The third kappa shape index (κ3) is 4.24. The number of carbonyl (C=O) groups is 1. The normalized spacial score (nSPS) is 11.4. The standard InChI is InChI=1S/C18H19N3O3S/c1-13(2)21(3)25(23,24)17-9-5-7-15(11-17)18(22)20-16-8-4-6-14(10-16)12-19/h4-11,13H,1-3H3,(H,20,22). The lowest BCUT2D eigenvalue weighted by Crippen LogP contribution is -2.33. The molecule has 0 saturated carbocycles. The van der Waals surface area contributed by atoms with Gasteiger partial charge in [-0.05, 0) is 50.2 Å². The van der Waals surface area contributed by atoms with Gasteiger partial charge in [-0.2, -0.15) is 9.57 Å². The van der Waals surface area contributed by atoms with Crippen LogP contribution in [0.25, 0.3) is 0 Å². The molecular weight excluding hydrogens is 338 g/mol. The van der Waals surface area contributed by atoms with Crippen LogP contribution in [0, 0.1) is 11.3 Å². The number of rotatable bonds is 5. The van der Waals surface area contributed by atoms with Crippen LogP contribution in [0.1, 0.15) is 29.8 Å². The largest absolute Gasteiger partial charge is 0.322 e. The van der Waals surface area contributed by atoms with Crippen molar-refractivity contribution in [1.29, 1.82) is 5.26 Å². The second-order valence-corrected chi connectivity index (χ2v) is 7.79. The summed E-state index contributed by atoms with van der Waals surface area (Å²) >= 11 is 0. The number of carbonyl (C=O) groups excluding carboxylic acids is 1. The van der Waals surface area contributed by atoms with Gasteiger partial charge < -0.3 is 5.32 Å². The highest BCUT2D eigenvalue weighted by molar-refractivity contribution is 7.89. The number of hydrogen-bond acceptors (Lipinski definition) is 4. The van der Waals surface area contributed by atoms with Gasteiger partial charge in [0.05, 0.1) is 16.5 Å². The summed E-state index contributed by atoms with van der Waals surface area (Å²) in [5.74, 6) is -0.445. The number of nitriles is 1. The first-order valence-corrected chi connectivity index (χ1v) is 9.09. The van der Waals surface area contributed by atoms with E-state index in [-0.39, 0.29) is 16.5 Å². The number of hydrogen-bond donors (Lipinski definition) is 1. The van der Waals surface area contributed by atoms with E-state index >= 15 is 0 Å². The Hall–Kier alpha value is -2.69. The van der Waals surface area contributed by atoms with Crippen molar-refractivity contribution < 1.29 is 13.2 Å². The molecule has 2 aromatic carbocycles. The summed E-state index contributed by atoms with van der Waals surface area (Å²) in [6.07, 6.45) is 0. The lowest BCUT2D eigenvalue weighted by atomic mass is 10.2. The van der Waals surface area contributed by atoms with Crippen LogP contribution in [0.2, 0.25) is 0 Å².